The molecule has 6 heteroatoms. The number of amides is 1. The number of rotatable bonds is 4. The van der Waals surface area contributed by atoms with Gasteiger partial charge in [-0.3, -0.25) is 4.79 Å². The molecule has 0 spiro atoms. The van der Waals surface area contributed by atoms with E-state index >= 15 is 0 Å². The first-order valence-electron chi connectivity index (χ1n) is 9.29. The molecular formula is C21H24N2O4. The van der Waals surface area contributed by atoms with Gasteiger partial charge in [-0.25, -0.2) is 0 Å². The Hall–Kier alpha value is -2.89. The van der Waals surface area contributed by atoms with Crippen LogP contribution in [0.15, 0.2) is 42.5 Å². The third-order valence-corrected chi connectivity index (χ3v) is 5.02. The number of anilines is 1. The van der Waals surface area contributed by atoms with E-state index in [9.17, 15) is 4.79 Å². The van der Waals surface area contributed by atoms with Crippen molar-refractivity contribution in [1.29, 1.82) is 0 Å². The van der Waals surface area contributed by atoms with Crippen LogP contribution in [0.5, 0.6) is 17.2 Å². The molecule has 2 aliphatic rings. The summed E-state index contributed by atoms with van der Waals surface area (Å²) in [5, 5.41) is 0. The molecule has 0 N–H and O–H groups in total. The minimum absolute atomic E-state index is 0.145. The zero-order chi connectivity index (χ0) is 18.6. The highest BCUT2D eigenvalue weighted by molar-refractivity contribution is 5.79. The Morgan fingerprint density at radius 1 is 1.00 bits per heavy atom. The number of hydrogen-bond donors (Lipinski definition) is 0. The molecule has 2 aliphatic heterocycles. The van der Waals surface area contributed by atoms with Crippen molar-refractivity contribution in [3.05, 3.63) is 48.0 Å². The van der Waals surface area contributed by atoms with Crippen molar-refractivity contribution in [3.63, 3.8) is 0 Å². The van der Waals surface area contributed by atoms with Crippen LogP contribution in [0.4, 0.5) is 5.69 Å². The third-order valence-electron chi connectivity index (χ3n) is 5.02. The molecule has 0 aliphatic carbocycles. The second-order valence-corrected chi connectivity index (χ2v) is 6.69. The second kappa shape index (κ2) is 7.78. The van der Waals surface area contributed by atoms with Crippen molar-refractivity contribution < 1.29 is 19.0 Å². The summed E-state index contributed by atoms with van der Waals surface area (Å²) in [7, 11) is 1.69. The fourth-order valence-corrected chi connectivity index (χ4v) is 3.57. The maximum atomic E-state index is 12.7. The number of piperazine rings is 1. The first-order valence-corrected chi connectivity index (χ1v) is 9.29. The van der Waals surface area contributed by atoms with E-state index in [0.29, 0.717) is 32.7 Å². The molecular weight excluding hydrogens is 344 g/mol. The maximum absolute atomic E-state index is 12.7. The number of hydrogen-bond acceptors (Lipinski definition) is 5. The van der Waals surface area contributed by atoms with Crippen LogP contribution in [-0.2, 0) is 11.2 Å². The molecule has 27 heavy (non-hydrogen) atoms. The van der Waals surface area contributed by atoms with E-state index in [4.69, 9.17) is 14.2 Å². The van der Waals surface area contributed by atoms with Gasteiger partial charge in [-0.1, -0.05) is 18.2 Å². The summed E-state index contributed by atoms with van der Waals surface area (Å²) in [6, 6.07) is 13.7. The number of ether oxygens (including phenoxy) is 3. The van der Waals surface area contributed by atoms with E-state index in [1.165, 1.54) is 0 Å². The third kappa shape index (κ3) is 3.79. The summed E-state index contributed by atoms with van der Waals surface area (Å²) in [5.41, 5.74) is 2.04. The normalized spacial score (nSPS) is 16.2. The van der Waals surface area contributed by atoms with Crippen molar-refractivity contribution in [2.75, 3.05) is 51.4 Å². The van der Waals surface area contributed by atoms with E-state index in [1.807, 2.05) is 41.3 Å². The van der Waals surface area contributed by atoms with Crippen molar-refractivity contribution in [2.24, 2.45) is 0 Å². The smallest absolute Gasteiger partial charge is 0.227 e. The van der Waals surface area contributed by atoms with Gasteiger partial charge in [0.05, 0.1) is 19.2 Å². The molecule has 2 aromatic carbocycles. The fourth-order valence-electron chi connectivity index (χ4n) is 3.57. The Balaban J connectivity index is 1.36. The van der Waals surface area contributed by atoms with Crippen molar-refractivity contribution in [2.45, 2.75) is 6.42 Å². The summed E-state index contributed by atoms with van der Waals surface area (Å²) in [5.74, 6) is 2.50. The van der Waals surface area contributed by atoms with E-state index in [0.717, 1.165) is 41.6 Å². The van der Waals surface area contributed by atoms with Gasteiger partial charge in [-0.2, -0.15) is 0 Å². The molecule has 6 nitrogen and oxygen atoms in total. The first kappa shape index (κ1) is 17.5. The Morgan fingerprint density at radius 2 is 1.74 bits per heavy atom. The molecule has 0 saturated carbocycles. The predicted octanol–water partition coefficient (Wildman–Crippen LogP) is 2.36. The van der Waals surface area contributed by atoms with Gasteiger partial charge in [0.2, 0.25) is 5.91 Å². The van der Waals surface area contributed by atoms with Gasteiger partial charge in [-0.05, 0) is 29.8 Å². The quantitative estimate of drug-likeness (QED) is 0.829. The zero-order valence-electron chi connectivity index (χ0n) is 15.5. The zero-order valence-corrected chi connectivity index (χ0v) is 15.5. The molecule has 0 unspecified atom stereocenters. The standard InChI is InChI=1S/C21H24N2O4/c1-25-18-5-3-2-4-17(18)22-8-10-23(11-9-22)21(24)15-16-6-7-19-20(14-16)27-13-12-26-19/h2-7,14H,8-13,15H2,1H3. The number of nitrogens with zero attached hydrogens (tertiary/aromatic N) is 2. The number of fused-ring (bicyclic) bond motifs is 1. The van der Waals surface area contributed by atoms with Crippen molar-refractivity contribution in [1.82, 2.24) is 4.90 Å². The molecule has 1 amide bonds. The Bertz CT molecular complexity index is 816. The lowest BCUT2D eigenvalue weighted by Gasteiger charge is -2.36. The number of methoxy groups -OCH3 is 1. The molecule has 0 atom stereocenters. The molecule has 2 heterocycles. The van der Waals surface area contributed by atoms with Gasteiger partial charge in [-0.15, -0.1) is 0 Å². The monoisotopic (exact) mass is 368 g/mol. The summed E-state index contributed by atoms with van der Waals surface area (Å²) in [4.78, 5) is 16.9. The number of para-hydroxylation sites is 2. The lowest BCUT2D eigenvalue weighted by atomic mass is 10.1. The van der Waals surface area contributed by atoms with Crippen molar-refractivity contribution in [3.8, 4) is 17.2 Å². The number of carbonyl (C=O) groups excluding carboxylic acids is 1. The lowest BCUT2D eigenvalue weighted by molar-refractivity contribution is -0.130. The van der Waals surface area contributed by atoms with Crippen LogP contribution in [0.1, 0.15) is 5.56 Å². The summed E-state index contributed by atoms with van der Waals surface area (Å²) < 4.78 is 16.6. The highest BCUT2D eigenvalue weighted by Gasteiger charge is 2.23. The van der Waals surface area contributed by atoms with E-state index in [2.05, 4.69) is 11.0 Å². The molecule has 2 aromatic rings. The minimum atomic E-state index is 0.145. The van der Waals surface area contributed by atoms with Crippen LogP contribution < -0.4 is 19.1 Å². The summed E-state index contributed by atoms with van der Waals surface area (Å²) >= 11 is 0. The van der Waals surface area contributed by atoms with Crippen LogP contribution >= 0.6 is 0 Å². The summed E-state index contributed by atoms with van der Waals surface area (Å²) in [6.45, 7) is 4.14. The molecule has 0 radical (unpaired) electrons. The van der Waals surface area contributed by atoms with Gasteiger partial charge >= 0.3 is 0 Å². The van der Waals surface area contributed by atoms with E-state index < -0.39 is 0 Å². The van der Waals surface area contributed by atoms with E-state index in [1.54, 1.807) is 7.11 Å². The fraction of sp³-hybridized carbons (Fsp3) is 0.381. The van der Waals surface area contributed by atoms with Crippen LogP contribution in [0, 0.1) is 0 Å². The Kier molecular flexibility index (Phi) is 5.05. The minimum Gasteiger partial charge on any atom is -0.495 e. The average molecular weight is 368 g/mol. The van der Waals surface area contributed by atoms with Gasteiger partial charge in [0.25, 0.3) is 0 Å². The first-order chi connectivity index (χ1) is 13.2. The average Bonchev–Trinajstić information content (AvgIpc) is 2.73. The van der Waals surface area contributed by atoms with E-state index in [-0.39, 0.29) is 5.91 Å². The van der Waals surface area contributed by atoms with Gasteiger partial charge < -0.3 is 24.0 Å². The largest absolute Gasteiger partial charge is 0.495 e. The van der Waals surface area contributed by atoms with Gasteiger partial charge in [0, 0.05) is 26.2 Å². The molecule has 0 aromatic heterocycles. The molecule has 142 valence electrons. The maximum Gasteiger partial charge on any atom is 0.227 e. The van der Waals surface area contributed by atoms with Gasteiger partial charge in [0.15, 0.2) is 11.5 Å². The highest BCUT2D eigenvalue weighted by atomic mass is 16.6. The van der Waals surface area contributed by atoms with Crippen LogP contribution in [0.25, 0.3) is 0 Å². The van der Waals surface area contributed by atoms with Crippen LogP contribution in [0.3, 0.4) is 0 Å². The summed E-state index contributed by atoms with van der Waals surface area (Å²) in [6.07, 6.45) is 0.380. The molecule has 4 rings (SSSR count). The SMILES string of the molecule is COc1ccccc1N1CCN(C(=O)Cc2ccc3c(c2)OCCO3)CC1. The second-order valence-electron chi connectivity index (χ2n) is 6.69. The Morgan fingerprint density at radius 3 is 2.52 bits per heavy atom. The van der Waals surface area contributed by atoms with Crippen molar-refractivity contribution >= 4 is 11.6 Å². The van der Waals surface area contributed by atoms with Crippen LogP contribution in [-0.4, -0.2) is 57.3 Å². The molecule has 1 saturated heterocycles. The molecule has 0 bridgehead atoms. The van der Waals surface area contributed by atoms with Gasteiger partial charge in [0.1, 0.15) is 19.0 Å². The number of benzene rings is 2. The Labute approximate surface area is 159 Å². The highest BCUT2D eigenvalue weighted by Crippen LogP contribution is 2.31. The molecule has 1 fully saturated rings. The lowest BCUT2D eigenvalue weighted by Crippen LogP contribution is -2.49. The topological polar surface area (TPSA) is 51.2 Å². The predicted molar refractivity (Wildman–Crippen MR) is 103 cm³/mol. The number of carbonyl (C=O) groups is 1. The van der Waals surface area contributed by atoms with Crippen LogP contribution in [0.2, 0.25) is 0 Å².